The molecule has 2 heterocycles. The lowest BCUT2D eigenvalue weighted by Crippen LogP contribution is -2.10. The van der Waals surface area contributed by atoms with Crippen molar-refractivity contribution in [2.45, 2.75) is 40.8 Å². The van der Waals surface area contributed by atoms with Crippen molar-refractivity contribution in [3.8, 4) is 0 Å². The molecule has 0 radical (unpaired) electrons. The number of aryl methyl sites for hydroxylation is 2. The Morgan fingerprint density at radius 1 is 1.33 bits per heavy atom. The Bertz CT molecular complexity index is 706. The first-order valence-electron chi connectivity index (χ1n) is 6.69. The largest absolute Gasteiger partial charge is 0.326 e. The van der Waals surface area contributed by atoms with Crippen LogP contribution in [0.1, 0.15) is 33.8 Å². The smallest absolute Gasteiger partial charge is 0.278 e. The van der Waals surface area contributed by atoms with Gasteiger partial charge in [-0.1, -0.05) is 0 Å². The standard InChI is InChI=1S/C14H19N5O2/c1-8-6-16-13(9(2)14(8)19(20)21)7-18-11(4)12(5-15)10(3)17-18/h6H,5,7,15H2,1-4H3. The van der Waals surface area contributed by atoms with Gasteiger partial charge in [-0.05, 0) is 27.7 Å². The molecule has 0 unspecified atom stereocenters. The Hall–Kier alpha value is -2.28. The van der Waals surface area contributed by atoms with E-state index < -0.39 is 0 Å². The number of rotatable bonds is 4. The zero-order valence-electron chi connectivity index (χ0n) is 12.7. The highest BCUT2D eigenvalue weighted by molar-refractivity contribution is 5.47. The van der Waals surface area contributed by atoms with Crippen molar-refractivity contribution in [2.75, 3.05) is 0 Å². The van der Waals surface area contributed by atoms with Crippen LogP contribution in [0.15, 0.2) is 6.20 Å². The number of nitro groups is 1. The van der Waals surface area contributed by atoms with Gasteiger partial charge in [-0.25, -0.2) is 0 Å². The van der Waals surface area contributed by atoms with Gasteiger partial charge >= 0.3 is 0 Å². The zero-order valence-corrected chi connectivity index (χ0v) is 12.7. The van der Waals surface area contributed by atoms with Crippen molar-refractivity contribution < 1.29 is 4.92 Å². The summed E-state index contributed by atoms with van der Waals surface area (Å²) in [5.74, 6) is 0. The van der Waals surface area contributed by atoms with E-state index in [1.807, 2.05) is 13.8 Å². The number of pyridine rings is 1. The van der Waals surface area contributed by atoms with Crippen molar-refractivity contribution in [3.05, 3.63) is 50.1 Å². The summed E-state index contributed by atoms with van der Waals surface area (Å²) < 4.78 is 1.80. The van der Waals surface area contributed by atoms with E-state index in [1.165, 1.54) is 6.20 Å². The molecule has 7 heteroatoms. The summed E-state index contributed by atoms with van der Waals surface area (Å²) in [4.78, 5) is 15.1. The van der Waals surface area contributed by atoms with Crippen molar-refractivity contribution in [2.24, 2.45) is 5.73 Å². The number of hydrogen-bond acceptors (Lipinski definition) is 5. The van der Waals surface area contributed by atoms with E-state index in [4.69, 9.17) is 5.73 Å². The molecule has 0 atom stereocenters. The Morgan fingerprint density at radius 3 is 2.52 bits per heavy atom. The molecule has 21 heavy (non-hydrogen) atoms. The van der Waals surface area contributed by atoms with Crippen molar-refractivity contribution in [3.63, 3.8) is 0 Å². The lowest BCUT2D eigenvalue weighted by molar-refractivity contribution is -0.386. The second kappa shape index (κ2) is 5.61. The Balaban J connectivity index is 2.46. The maximum atomic E-state index is 11.2. The number of nitrogens with zero attached hydrogens (tertiary/aromatic N) is 4. The molecule has 0 spiro atoms. The fraction of sp³-hybridized carbons (Fsp3) is 0.429. The summed E-state index contributed by atoms with van der Waals surface area (Å²) in [6, 6.07) is 0. The van der Waals surface area contributed by atoms with Gasteiger partial charge < -0.3 is 5.73 Å². The van der Waals surface area contributed by atoms with Crippen LogP contribution in [0.3, 0.4) is 0 Å². The van der Waals surface area contributed by atoms with Gasteiger partial charge in [0.1, 0.15) is 0 Å². The van der Waals surface area contributed by atoms with Crippen LogP contribution in [-0.2, 0) is 13.1 Å². The van der Waals surface area contributed by atoms with Gasteiger partial charge in [0.05, 0.1) is 28.4 Å². The normalized spacial score (nSPS) is 10.9. The molecule has 0 amide bonds. The zero-order chi connectivity index (χ0) is 15.7. The van der Waals surface area contributed by atoms with E-state index in [0.717, 1.165) is 17.0 Å². The first-order chi connectivity index (χ1) is 9.86. The third-order valence-electron chi connectivity index (χ3n) is 3.79. The number of aromatic nitrogens is 3. The fourth-order valence-electron chi connectivity index (χ4n) is 2.53. The van der Waals surface area contributed by atoms with Crippen LogP contribution in [0.4, 0.5) is 5.69 Å². The van der Waals surface area contributed by atoms with E-state index >= 15 is 0 Å². The lowest BCUT2D eigenvalue weighted by atomic mass is 10.1. The molecule has 2 aromatic rings. The van der Waals surface area contributed by atoms with Crippen molar-refractivity contribution in [1.82, 2.24) is 14.8 Å². The van der Waals surface area contributed by atoms with E-state index in [0.29, 0.717) is 29.9 Å². The summed E-state index contributed by atoms with van der Waals surface area (Å²) in [5.41, 5.74) is 10.5. The van der Waals surface area contributed by atoms with Gasteiger partial charge in [0, 0.05) is 29.6 Å². The van der Waals surface area contributed by atoms with Gasteiger partial charge in [0.25, 0.3) is 5.69 Å². The van der Waals surface area contributed by atoms with Gasteiger partial charge in [0.2, 0.25) is 0 Å². The maximum Gasteiger partial charge on any atom is 0.278 e. The van der Waals surface area contributed by atoms with Crippen LogP contribution in [0.5, 0.6) is 0 Å². The Kier molecular flexibility index (Phi) is 4.04. The van der Waals surface area contributed by atoms with Gasteiger partial charge in [0.15, 0.2) is 0 Å². The lowest BCUT2D eigenvalue weighted by Gasteiger charge is -2.09. The summed E-state index contributed by atoms with van der Waals surface area (Å²) in [7, 11) is 0. The van der Waals surface area contributed by atoms with E-state index in [9.17, 15) is 10.1 Å². The summed E-state index contributed by atoms with van der Waals surface area (Å²) in [6.45, 7) is 8.10. The average molecular weight is 289 g/mol. The van der Waals surface area contributed by atoms with E-state index in [1.54, 1.807) is 18.5 Å². The van der Waals surface area contributed by atoms with Crippen molar-refractivity contribution >= 4 is 5.69 Å². The highest BCUT2D eigenvalue weighted by Gasteiger charge is 2.20. The second-order valence-electron chi connectivity index (χ2n) is 5.13. The highest BCUT2D eigenvalue weighted by atomic mass is 16.6. The van der Waals surface area contributed by atoms with Crippen LogP contribution >= 0.6 is 0 Å². The molecule has 2 aromatic heterocycles. The quantitative estimate of drug-likeness (QED) is 0.684. The van der Waals surface area contributed by atoms with Crippen LogP contribution in [-0.4, -0.2) is 19.7 Å². The molecule has 0 bridgehead atoms. The van der Waals surface area contributed by atoms with Crippen LogP contribution in [0.2, 0.25) is 0 Å². The molecule has 0 aliphatic heterocycles. The summed E-state index contributed by atoms with van der Waals surface area (Å²) in [6.07, 6.45) is 1.54. The topological polar surface area (TPSA) is 99.9 Å². The molecule has 112 valence electrons. The molecular weight excluding hydrogens is 270 g/mol. The minimum atomic E-state index is -0.359. The third kappa shape index (κ3) is 2.64. The average Bonchev–Trinajstić information content (AvgIpc) is 2.67. The fourth-order valence-corrected chi connectivity index (χ4v) is 2.53. The van der Waals surface area contributed by atoms with Crippen molar-refractivity contribution in [1.29, 1.82) is 0 Å². The first-order valence-corrected chi connectivity index (χ1v) is 6.69. The highest BCUT2D eigenvalue weighted by Crippen LogP contribution is 2.25. The molecule has 0 aromatic carbocycles. The molecule has 2 rings (SSSR count). The molecule has 0 fully saturated rings. The molecule has 7 nitrogen and oxygen atoms in total. The molecule has 0 saturated carbocycles. The number of hydrogen-bond donors (Lipinski definition) is 1. The summed E-state index contributed by atoms with van der Waals surface area (Å²) >= 11 is 0. The Labute approximate surface area is 122 Å². The van der Waals surface area contributed by atoms with Gasteiger partial charge in [-0.3, -0.25) is 19.8 Å². The maximum absolute atomic E-state index is 11.2. The van der Waals surface area contributed by atoms with E-state index in [-0.39, 0.29) is 10.6 Å². The van der Waals surface area contributed by atoms with Gasteiger partial charge in [-0.15, -0.1) is 0 Å². The SMILES string of the molecule is Cc1cnc(Cn2nc(C)c(CN)c2C)c(C)c1[N+](=O)[O-]. The van der Waals surface area contributed by atoms with Crippen LogP contribution < -0.4 is 5.73 Å². The predicted octanol–water partition coefficient (Wildman–Crippen LogP) is 1.93. The minimum absolute atomic E-state index is 0.126. The predicted molar refractivity (Wildman–Crippen MR) is 79.1 cm³/mol. The molecular formula is C14H19N5O2. The van der Waals surface area contributed by atoms with Gasteiger partial charge in [-0.2, -0.15) is 5.10 Å². The van der Waals surface area contributed by atoms with Crippen LogP contribution in [0, 0.1) is 37.8 Å². The molecule has 0 saturated heterocycles. The molecule has 2 N–H and O–H groups in total. The molecule has 0 aliphatic carbocycles. The second-order valence-corrected chi connectivity index (χ2v) is 5.13. The third-order valence-corrected chi connectivity index (χ3v) is 3.79. The Morgan fingerprint density at radius 2 is 2.00 bits per heavy atom. The van der Waals surface area contributed by atoms with E-state index in [2.05, 4.69) is 10.1 Å². The minimum Gasteiger partial charge on any atom is -0.326 e. The monoisotopic (exact) mass is 289 g/mol. The first kappa shape index (κ1) is 15.1. The number of nitrogens with two attached hydrogens (primary N) is 1. The van der Waals surface area contributed by atoms with Crippen LogP contribution in [0.25, 0.3) is 0 Å². The summed E-state index contributed by atoms with van der Waals surface area (Å²) in [5, 5.41) is 15.6. The molecule has 0 aliphatic rings.